The Hall–Kier alpha value is -1.14. The first kappa shape index (κ1) is 21.2. The Balaban J connectivity index is 2.78. The van der Waals surface area contributed by atoms with Crippen LogP contribution in [0.15, 0.2) is 36.4 Å². The summed E-state index contributed by atoms with van der Waals surface area (Å²) >= 11 is 13.7. The van der Waals surface area contributed by atoms with E-state index in [4.69, 9.17) is 28.6 Å². The van der Waals surface area contributed by atoms with Crippen LogP contribution in [-0.4, -0.2) is 25.4 Å². The van der Waals surface area contributed by atoms with Gasteiger partial charge in [-0.05, 0) is 50.8 Å². The smallest absolute Gasteiger partial charge is 0.219 e. The Bertz CT molecular complexity index is 905. The van der Waals surface area contributed by atoms with Crippen LogP contribution in [0.2, 0.25) is 10.0 Å². The molecular formula is C19H19Cl2NO2S2. The molecule has 2 rings (SSSR count). The van der Waals surface area contributed by atoms with Gasteiger partial charge in [-0.15, -0.1) is 0 Å². The molecule has 0 bridgehead atoms. The first-order chi connectivity index (χ1) is 12.1. The number of hydrogen-bond donors (Lipinski definition) is 1. The molecule has 0 aliphatic rings. The number of hydrogen-bond acceptors (Lipinski definition) is 4. The van der Waals surface area contributed by atoms with Gasteiger partial charge in [0.2, 0.25) is 5.12 Å². The van der Waals surface area contributed by atoms with Crippen molar-refractivity contribution in [3.8, 4) is 11.1 Å². The van der Waals surface area contributed by atoms with E-state index in [2.05, 4.69) is 0 Å². The Morgan fingerprint density at radius 2 is 1.73 bits per heavy atom. The van der Waals surface area contributed by atoms with Crippen molar-refractivity contribution in [3.05, 3.63) is 57.6 Å². The highest BCUT2D eigenvalue weighted by molar-refractivity contribution is 8.13. The number of halogens is 2. The number of carbonyl (C=O) groups excluding carboxylic acids is 1. The van der Waals surface area contributed by atoms with Crippen molar-refractivity contribution in [2.24, 2.45) is 0 Å². The molecule has 0 fully saturated rings. The molecule has 1 atom stereocenters. The van der Waals surface area contributed by atoms with Gasteiger partial charge in [-0.25, -0.2) is 0 Å². The summed E-state index contributed by atoms with van der Waals surface area (Å²) in [5.74, 6) is 0. The second kappa shape index (κ2) is 8.26. The third-order valence-electron chi connectivity index (χ3n) is 3.64. The highest BCUT2D eigenvalue weighted by Gasteiger charge is 2.28. The average Bonchev–Trinajstić information content (AvgIpc) is 2.58. The van der Waals surface area contributed by atoms with Gasteiger partial charge in [0.25, 0.3) is 0 Å². The zero-order valence-electron chi connectivity index (χ0n) is 14.9. The minimum atomic E-state index is -1.58. The maximum atomic E-state index is 12.8. The number of rotatable bonds is 3. The first-order valence-electron chi connectivity index (χ1n) is 7.75. The first-order valence-corrected chi connectivity index (χ1v) is 10.9. The number of nitrogens with one attached hydrogen (secondary N) is 1. The zero-order valence-corrected chi connectivity index (χ0v) is 18.0. The van der Waals surface area contributed by atoms with E-state index in [0.717, 1.165) is 11.8 Å². The lowest BCUT2D eigenvalue weighted by atomic mass is 9.96. The maximum Gasteiger partial charge on any atom is 0.219 e. The van der Waals surface area contributed by atoms with Crippen LogP contribution in [0.1, 0.15) is 36.7 Å². The van der Waals surface area contributed by atoms with Crippen LogP contribution in [-0.2, 0) is 10.8 Å². The molecule has 26 heavy (non-hydrogen) atoms. The van der Waals surface area contributed by atoms with Gasteiger partial charge in [0.1, 0.15) is 5.04 Å². The molecule has 0 spiro atoms. The summed E-state index contributed by atoms with van der Waals surface area (Å²) in [6.07, 6.45) is 1.71. The number of thioether (sulfide) groups is 1. The summed E-state index contributed by atoms with van der Waals surface area (Å²) in [5, 5.41) is 8.97. The van der Waals surface area contributed by atoms with E-state index in [1.54, 1.807) is 63.4 Å². The van der Waals surface area contributed by atoms with Gasteiger partial charge < -0.3 is 0 Å². The molecule has 0 heterocycles. The van der Waals surface area contributed by atoms with Gasteiger partial charge in [-0.2, -0.15) is 0 Å². The van der Waals surface area contributed by atoms with E-state index >= 15 is 0 Å². The highest BCUT2D eigenvalue weighted by atomic mass is 35.5. The molecule has 0 aliphatic carbocycles. The van der Waals surface area contributed by atoms with Crippen molar-refractivity contribution in [3.63, 3.8) is 0 Å². The molecule has 3 nitrogen and oxygen atoms in total. The number of benzene rings is 2. The Morgan fingerprint density at radius 1 is 1.12 bits per heavy atom. The second-order valence-corrected chi connectivity index (χ2v) is 10.4. The molecule has 1 N–H and O–H groups in total. The van der Waals surface area contributed by atoms with Crippen molar-refractivity contribution in [2.45, 2.75) is 25.5 Å². The summed E-state index contributed by atoms with van der Waals surface area (Å²) in [6, 6.07) is 10.2. The van der Waals surface area contributed by atoms with Crippen LogP contribution in [0, 0.1) is 5.41 Å². The highest BCUT2D eigenvalue weighted by Crippen LogP contribution is 2.38. The van der Waals surface area contributed by atoms with Crippen LogP contribution in [0.25, 0.3) is 11.1 Å². The van der Waals surface area contributed by atoms with Gasteiger partial charge >= 0.3 is 0 Å². The Morgan fingerprint density at radius 3 is 2.31 bits per heavy atom. The molecule has 0 radical (unpaired) electrons. The zero-order chi connectivity index (χ0) is 19.6. The van der Waals surface area contributed by atoms with Crippen LogP contribution in [0.3, 0.4) is 0 Å². The van der Waals surface area contributed by atoms with Crippen LogP contribution < -0.4 is 0 Å². The van der Waals surface area contributed by atoms with Gasteiger partial charge in [0, 0.05) is 26.5 Å². The van der Waals surface area contributed by atoms with E-state index in [-0.39, 0.29) is 10.2 Å². The minimum absolute atomic E-state index is 0.0664. The maximum absolute atomic E-state index is 12.8. The van der Waals surface area contributed by atoms with Crippen molar-refractivity contribution < 1.29 is 9.00 Å². The molecule has 0 aliphatic heterocycles. The van der Waals surface area contributed by atoms with Gasteiger partial charge in [-0.3, -0.25) is 14.4 Å². The molecule has 7 heteroatoms. The van der Waals surface area contributed by atoms with Crippen LogP contribution >= 0.6 is 35.0 Å². The number of carbonyl (C=O) groups is 1. The van der Waals surface area contributed by atoms with Crippen molar-refractivity contribution in [2.75, 3.05) is 6.26 Å². The van der Waals surface area contributed by atoms with Gasteiger partial charge in [-0.1, -0.05) is 53.2 Å². The molecule has 2 aromatic carbocycles. The molecular weight excluding hydrogens is 409 g/mol. The molecule has 0 saturated heterocycles. The fraction of sp³-hybridized carbons (Fsp3) is 0.263. The lowest BCUT2D eigenvalue weighted by molar-refractivity contribution is 0.109. The quantitative estimate of drug-likeness (QED) is 0.479. The van der Waals surface area contributed by atoms with Gasteiger partial charge in [0.05, 0.1) is 15.8 Å². The molecule has 2 aromatic rings. The topological polar surface area (TPSA) is 58.0 Å². The van der Waals surface area contributed by atoms with Gasteiger partial charge in [0.15, 0.2) is 0 Å². The molecule has 138 valence electrons. The summed E-state index contributed by atoms with van der Waals surface area (Å²) < 4.78 is 12.2. The Kier molecular flexibility index (Phi) is 6.72. The normalized spacial score (nSPS) is 12.7. The molecule has 0 amide bonds. The van der Waals surface area contributed by atoms with Crippen LogP contribution in [0.5, 0.6) is 0 Å². The third-order valence-corrected chi connectivity index (χ3v) is 6.45. The predicted molar refractivity (Wildman–Crippen MR) is 114 cm³/mol. The summed E-state index contributed by atoms with van der Waals surface area (Å²) in [7, 11) is -1.58. The van der Waals surface area contributed by atoms with E-state index < -0.39 is 15.5 Å². The molecule has 0 saturated carbocycles. The predicted octanol–water partition coefficient (Wildman–Crippen LogP) is 6.04. The summed E-state index contributed by atoms with van der Waals surface area (Å²) in [5.41, 5.74) is 1.95. The van der Waals surface area contributed by atoms with Crippen molar-refractivity contribution in [1.29, 1.82) is 5.41 Å². The van der Waals surface area contributed by atoms with Crippen LogP contribution in [0.4, 0.5) is 0 Å². The minimum Gasteiger partial charge on any atom is -0.291 e. The standard InChI is InChI=1S/C19H19Cl2NO2S2/c1-19(2,3)26(24)17(22)14-9-11(20)10-15(21)16(14)12-7-5-6-8-13(12)18(23)25-4/h5-10,22H,1-4H3. The largest absolute Gasteiger partial charge is 0.291 e. The monoisotopic (exact) mass is 427 g/mol. The Labute approximate surface area is 170 Å². The van der Waals surface area contributed by atoms with Crippen molar-refractivity contribution >= 4 is 55.9 Å². The fourth-order valence-corrected chi connectivity index (χ4v) is 4.39. The third kappa shape index (κ3) is 4.39. The van der Waals surface area contributed by atoms with E-state index in [1.165, 1.54) is 0 Å². The van der Waals surface area contributed by atoms with E-state index in [9.17, 15) is 9.00 Å². The second-order valence-electron chi connectivity index (χ2n) is 6.56. The molecule has 1 unspecified atom stereocenters. The van der Waals surface area contributed by atoms with E-state index in [0.29, 0.717) is 32.3 Å². The average molecular weight is 428 g/mol. The summed E-state index contributed by atoms with van der Waals surface area (Å²) in [4.78, 5) is 12.3. The summed E-state index contributed by atoms with van der Waals surface area (Å²) in [6.45, 7) is 5.40. The van der Waals surface area contributed by atoms with E-state index in [1.807, 2.05) is 0 Å². The fourth-order valence-electron chi connectivity index (χ4n) is 2.42. The van der Waals surface area contributed by atoms with Crippen molar-refractivity contribution in [1.82, 2.24) is 0 Å². The lowest BCUT2D eigenvalue weighted by Gasteiger charge is -2.21. The lowest BCUT2D eigenvalue weighted by Crippen LogP contribution is -2.28. The SMILES string of the molecule is CSC(=O)c1ccccc1-c1c(Cl)cc(Cl)cc1C(=N)S(=O)C(C)(C)C. The molecule has 0 aromatic heterocycles.